The fraction of sp³-hybridized carbons (Fsp3) is 0.364. The van der Waals surface area contributed by atoms with E-state index in [1.807, 2.05) is 36.5 Å². The van der Waals surface area contributed by atoms with Crippen LogP contribution in [0.3, 0.4) is 0 Å². The fourth-order valence-corrected chi connectivity index (χ4v) is 3.80. The van der Waals surface area contributed by atoms with E-state index in [0.29, 0.717) is 17.7 Å². The van der Waals surface area contributed by atoms with Gasteiger partial charge >= 0.3 is 5.69 Å². The van der Waals surface area contributed by atoms with Crippen molar-refractivity contribution in [2.45, 2.75) is 20.5 Å². The average Bonchev–Trinajstić information content (AvgIpc) is 3.28. The molecule has 0 radical (unpaired) electrons. The predicted octanol–water partition coefficient (Wildman–Crippen LogP) is 1.96. The first-order chi connectivity index (χ1) is 14.7. The number of hydrogen-bond donors (Lipinski definition) is 0. The fourth-order valence-electron chi connectivity index (χ4n) is 3.80. The number of pyridine rings is 1. The molecule has 1 fully saturated rings. The van der Waals surface area contributed by atoms with Crippen molar-refractivity contribution in [3.63, 3.8) is 0 Å². The molecule has 9 nitrogen and oxygen atoms in total. The first-order valence-electron chi connectivity index (χ1n) is 9.87. The highest BCUT2D eigenvalue weighted by molar-refractivity contribution is 5.87. The van der Waals surface area contributed by atoms with Gasteiger partial charge in [0.05, 0.1) is 32.4 Å². The van der Waals surface area contributed by atoms with Gasteiger partial charge in [-0.2, -0.15) is 9.61 Å². The summed E-state index contributed by atoms with van der Waals surface area (Å²) in [6, 6.07) is 9.72. The molecule has 0 N–H and O–H groups in total. The van der Waals surface area contributed by atoms with Gasteiger partial charge < -0.3 is 9.47 Å². The summed E-state index contributed by atoms with van der Waals surface area (Å²) in [5, 5.41) is 4.10. The Morgan fingerprint density at radius 1 is 1.06 bits per heavy atom. The van der Waals surface area contributed by atoms with Crippen molar-refractivity contribution in [1.29, 1.82) is 0 Å². The standard InChI is InChI=1S/C21H22N6O3.CH4/c1-29-17-4-2-15(3-5-17)13-26-18-10-16(12-25-6-8-30-9-7-25)11-22-19(18)20-23-14-24-27(20)21(26)28;/h2-5,10-11,14H,6-9,12-13H2,1H3;1H4. The smallest absolute Gasteiger partial charge is 0.351 e. The molecular weight excluding hydrogens is 396 g/mol. The normalized spacial score (nSPS) is 14.6. The van der Waals surface area contributed by atoms with Crippen LogP contribution in [0.2, 0.25) is 0 Å². The first kappa shape index (κ1) is 21.0. The number of aromatic nitrogens is 5. The maximum atomic E-state index is 13.2. The van der Waals surface area contributed by atoms with Crippen LogP contribution in [0.15, 0.2) is 47.7 Å². The molecule has 0 amide bonds. The summed E-state index contributed by atoms with van der Waals surface area (Å²) in [6.07, 6.45) is 3.24. The number of hydrogen-bond acceptors (Lipinski definition) is 7. The maximum absolute atomic E-state index is 13.2. The molecule has 31 heavy (non-hydrogen) atoms. The Bertz CT molecular complexity index is 1240. The lowest BCUT2D eigenvalue weighted by molar-refractivity contribution is 0.0341. The Labute approximate surface area is 179 Å². The van der Waals surface area contributed by atoms with Gasteiger partial charge in [-0.05, 0) is 29.3 Å². The number of methoxy groups -OCH3 is 1. The second-order valence-electron chi connectivity index (χ2n) is 7.31. The van der Waals surface area contributed by atoms with Gasteiger partial charge in [0, 0.05) is 25.8 Å². The van der Waals surface area contributed by atoms with Crippen LogP contribution in [-0.2, 0) is 17.8 Å². The van der Waals surface area contributed by atoms with E-state index in [-0.39, 0.29) is 13.1 Å². The van der Waals surface area contributed by atoms with Crippen LogP contribution in [0.25, 0.3) is 16.7 Å². The lowest BCUT2D eigenvalue weighted by atomic mass is 10.2. The van der Waals surface area contributed by atoms with E-state index in [1.165, 1.54) is 10.8 Å². The molecule has 4 aromatic rings. The van der Waals surface area contributed by atoms with Crippen LogP contribution in [0.4, 0.5) is 0 Å². The zero-order chi connectivity index (χ0) is 20.5. The summed E-state index contributed by atoms with van der Waals surface area (Å²) in [4.78, 5) is 24.4. The Balaban J connectivity index is 0.00000231. The number of morpholine rings is 1. The first-order valence-corrected chi connectivity index (χ1v) is 9.87. The van der Waals surface area contributed by atoms with Crippen molar-refractivity contribution in [3.8, 4) is 5.75 Å². The highest BCUT2D eigenvalue weighted by Crippen LogP contribution is 2.19. The topological polar surface area (TPSA) is 86.8 Å². The predicted molar refractivity (Wildman–Crippen MR) is 117 cm³/mol. The van der Waals surface area contributed by atoms with Gasteiger partial charge in [-0.1, -0.05) is 19.6 Å². The third-order valence-electron chi connectivity index (χ3n) is 5.40. The number of benzene rings is 1. The Kier molecular flexibility index (Phi) is 5.97. The van der Waals surface area contributed by atoms with Crippen LogP contribution in [0.5, 0.6) is 5.75 Å². The molecule has 0 unspecified atom stereocenters. The second-order valence-corrected chi connectivity index (χ2v) is 7.31. The van der Waals surface area contributed by atoms with Crippen LogP contribution in [0, 0.1) is 0 Å². The average molecular weight is 422 g/mol. The van der Waals surface area contributed by atoms with Crippen molar-refractivity contribution < 1.29 is 9.47 Å². The molecule has 9 heteroatoms. The summed E-state index contributed by atoms with van der Waals surface area (Å²) >= 11 is 0. The minimum Gasteiger partial charge on any atom is -0.497 e. The molecule has 1 aromatic carbocycles. The van der Waals surface area contributed by atoms with E-state index in [0.717, 1.165) is 55.2 Å². The molecular formula is C22H26N6O3. The number of fused-ring (bicyclic) bond motifs is 3. The van der Waals surface area contributed by atoms with Gasteiger partial charge in [0.2, 0.25) is 0 Å². The molecule has 3 aromatic heterocycles. The van der Waals surface area contributed by atoms with Crippen molar-refractivity contribution in [1.82, 2.24) is 29.0 Å². The zero-order valence-electron chi connectivity index (χ0n) is 16.7. The molecule has 0 saturated carbocycles. The molecule has 0 aliphatic carbocycles. The third-order valence-corrected chi connectivity index (χ3v) is 5.40. The lowest BCUT2D eigenvalue weighted by Crippen LogP contribution is -2.35. The number of ether oxygens (including phenoxy) is 2. The third kappa shape index (κ3) is 4.01. The molecule has 4 heterocycles. The van der Waals surface area contributed by atoms with E-state index in [1.54, 1.807) is 11.7 Å². The molecule has 162 valence electrons. The van der Waals surface area contributed by atoms with E-state index in [4.69, 9.17) is 9.47 Å². The minimum absolute atomic E-state index is 0. The summed E-state index contributed by atoms with van der Waals surface area (Å²) in [7, 11) is 1.63. The van der Waals surface area contributed by atoms with Gasteiger partial charge in [0.15, 0.2) is 5.65 Å². The molecule has 0 bridgehead atoms. The molecule has 1 saturated heterocycles. The summed E-state index contributed by atoms with van der Waals surface area (Å²) in [6.45, 7) is 4.42. The van der Waals surface area contributed by atoms with Crippen LogP contribution in [0.1, 0.15) is 18.6 Å². The van der Waals surface area contributed by atoms with Gasteiger partial charge in [-0.3, -0.25) is 14.5 Å². The van der Waals surface area contributed by atoms with Crippen molar-refractivity contribution in [2.75, 3.05) is 33.4 Å². The van der Waals surface area contributed by atoms with Crippen LogP contribution in [-0.4, -0.2) is 62.5 Å². The maximum Gasteiger partial charge on any atom is 0.351 e. The van der Waals surface area contributed by atoms with Gasteiger partial charge in [-0.15, -0.1) is 0 Å². The Hall–Kier alpha value is -3.30. The quantitative estimate of drug-likeness (QED) is 0.486. The van der Waals surface area contributed by atoms with Crippen molar-refractivity contribution in [3.05, 3.63) is 64.5 Å². The molecule has 5 rings (SSSR count). The summed E-state index contributed by atoms with van der Waals surface area (Å²) in [5.74, 6) is 0.775. The largest absolute Gasteiger partial charge is 0.497 e. The van der Waals surface area contributed by atoms with E-state index >= 15 is 0 Å². The Morgan fingerprint density at radius 3 is 2.58 bits per heavy atom. The summed E-state index contributed by atoms with van der Waals surface area (Å²) < 4.78 is 13.7. The van der Waals surface area contributed by atoms with E-state index in [2.05, 4.69) is 20.0 Å². The van der Waals surface area contributed by atoms with Gasteiger partial charge in [-0.25, -0.2) is 9.78 Å². The lowest BCUT2D eigenvalue weighted by Gasteiger charge is -2.26. The van der Waals surface area contributed by atoms with Crippen molar-refractivity contribution in [2.24, 2.45) is 0 Å². The molecule has 0 atom stereocenters. The highest BCUT2D eigenvalue weighted by Gasteiger charge is 2.16. The Morgan fingerprint density at radius 2 is 1.84 bits per heavy atom. The summed E-state index contributed by atoms with van der Waals surface area (Å²) in [5.41, 5.74) is 3.68. The minimum atomic E-state index is -0.240. The molecule has 0 spiro atoms. The monoisotopic (exact) mass is 422 g/mol. The highest BCUT2D eigenvalue weighted by atomic mass is 16.5. The second kappa shape index (κ2) is 8.83. The van der Waals surface area contributed by atoms with Gasteiger partial charge in [0.1, 0.15) is 17.6 Å². The SMILES string of the molecule is C.COc1ccc(Cn2c(=O)n3ncnc3c3ncc(CN4CCOCC4)cc32)cc1. The van der Waals surface area contributed by atoms with Crippen molar-refractivity contribution >= 4 is 16.7 Å². The van der Waals surface area contributed by atoms with E-state index < -0.39 is 0 Å². The zero-order valence-corrected chi connectivity index (χ0v) is 16.7. The van der Waals surface area contributed by atoms with Crippen LogP contribution < -0.4 is 10.4 Å². The van der Waals surface area contributed by atoms with Crippen LogP contribution >= 0.6 is 0 Å². The number of rotatable bonds is 5. The molecule has 1 aliphatic heterocycles. The van der Waals surface area contributed by atoms with E-state index in [9.17, 15) is 4.79 Å². The molecule has 1 aliphatic rings. The van der Waals surface area contributed by atoms with Gasteiger partial charge in [0.25, 0.3) is 0 Å². The number of nitrogens with zero attached hydrogens (tertiary/aromatic N) is 6.